The molecule has 3 nitrogen and oxygen atoms in total. The molecule has 0 aliphatic rings. The SMILES string of the molecule is [O-]C(/C=C/c1ccccc1)=N\[n+]1ccc2ccccc2c1. The van der Waals surface area contributed by atoms with Crippen molar-refractivity contribution in [1.82, 2.24) is 0 Å². The van der Waals surface area contributed by atoms with Crippen molar-refractivity contribution in [3.05, 3.63) is 84.7 Å². The van der Waals surface area contributed by atoms with Gasteiger partial charge in [-0.3, -0.25) is 0 Å². The monoisotopic (exact) mass is 274 g/mol. The van der Waals surface area contributed by atoms with Gasteiger partial charge in [0.2, 0.25) is 12.4 Å². The van der Waals surface area contributed by atoms with Crippen LogP contribution in [-0.4, -0.2) is 5.90 Å². The third kappa shape index (κ3) is 3.34. The molecule has 0 spiro atoms. The van der Waals surface area contributed by atoms with E-state index in [1.54, 1.807) is 16.9 Å². The van der Waals surface area contributed by atoms with E-state index < -0.39 is 0 Å². The number of benzene rings is 2. The van der Waals surface area contributed by atoms with E-state index in [2.05, 4.69) is 5.10 Å². The second-order valence-electron chi connectivity index (χ2n) is 4.64. The van der Waals surface area contributed by atoms with Crippen LogP contribution >= 0.6 is 0 Å². The predicted octanol–water partition coefficient (Wildman–Crippen LogP) is 2.36. The van der Waals surface area contributed by atoms with E-state index >= 15 is 0 Å². The van der Waals surface area contributed by atoms with Gasteiger partial charge in [0, 0.05) is 11.5 Å². The summed E-state index contributed by atoms with van der Waals surface area (Å²) in [6.45, 7) is 0. The molecule has 0 saturated heterocycles. The van der Waals surface area contributed by atoms with Crippen molar-refractivity contribution in [2.24, 2.45) is 5.10 Å². The molecule has 1 heterocycles. The van der Waals surface area contributed by atoms with Gasteiger partial charge in [-0.1, -0.05) is 59.3 Å². The zero-order chi connectivity index (χ0) is 14.5. The number of rotatable bonds is 3. The molecule has 0 fully saturated rings. The maximum absolute atomic E-state index is 11.8. The van der Waals surface area contributed by atoms with Gasteiger partial charge in [0.1, 0.15) is 0 Å². The Bertz CT molecular complexity index is 808. The Balaban J connectivity index is 1.84. The predicted molar refractivity (Wildman–Crippen MR) is 82.5 cm³/mol. The van der Waals surface area contributed by atoms with E-state index in [1.807, 2.05) is 66.9 Å². The smallest absolute Gasteiger partial charge is 0.210 e. The van der Waals surface area contributed by atoms with E-state index in [0.29, 0.717) is 0 Å². The highest BCUT2D eigenvalue weighted by atomic mass is 16.3. The average molecular weight is 274 g/mol. The van der Waals surface area contributed by atoms with Crippen LogP contribution in [-0.2, 0) is 0 Å². The maximum atomic E-state index is 11.8. The number of hydrogen-bond acceptors (Lipinski definition) is 2. The van der Waals surface area contributed by atoms with Crippen LogP contribution in [0.15, 0.2) is 84.2 Å². The summed E-state index contributed by atoms with van der Waals surface area (Å²) in [5.41, 5.74) is 0.976. The fraction of sp³-hybridized carbons (Fsp3) is 0. The highest BCUT2D eigenvalue weighted by molar-refractivity contribution is 5.88. The lowest BCUT2D eigenvalue weighted by Gasteiger charge is -2.00. The first kappa shape index (κ1) is 13.1. The largest absolute Gasteiger partial charge is 0.855 e. The minimum absolute atomic E-state index is 0.292. The number of fused-ring (bicyclic) bond motifs is 1. The molecule has 0 N–H and O–H groups in total. The Labute approximate surface area is 123 Å². The number of pyridine rings is 1. The summed E-state index contributed by atoms with van der Waals surface area (Å²) < 4.78 is 1.54. The molecule has 0 aliphatic heterocycles. The van der Waals surface area contributed by atoms with Crippen LogP contribution in [0.1, 0.15) is 5.56 Å². The Morgan fingerprint density at radius 1 is 0.905 bits per heavy atom. The molecule has 0 amide bonds. The van der Waals surface area contributed by atoms with E-state index in [1.165, 1.54) is 6.08 Å². The molecular weight excluding hydrogens is 260 g/mol. The average Bonchev–Trinajstić information content (AvgIpc) is 2.54. The topological polar surface area (TPSA) is 39.3 Å². The highest BCUT2D eigenvalue weighted by Crippen LogP contribution is 2.09. The molecule has 1 aromatic heterocycles. The van der Waals surface area contributed by atoms with Gasteiger partial charge in [0.25, 0.3) is 0 Å². The molecule has 3 heteroatoms. The highest BCUT2D eigenvalue weighted by Gasteiger charge is 2.00. The molecule has 21 heavy (non-hydrogen) atoms. The molecule has 3 rings (SSSR count). The van der Waals surface area contributed by atoms with Crippen LogP contribution in [0.3, 0.4) is 0 Å². The zero-order valence-electron chi connectivity index (χ0n) is 11.4. The van der Waals surface area contributed by atoms with Crippen molar-refractivity contribution >= 4 is 22.7 Å². The lowest BCUT2D eigenvalue weighted by atomic mass is 10.2. The quantitative estimate of drug-likeness (QED) is 0.410. The summed E-state index contributed by atoms with van der Waals surface area (Å²) in [4.78, 5) is 0. The molecular formula is C18H14N2O. The molecule has 3 aromatic rings. The first-order valence-corrected chi connectivity index (χ1v) is 6.70. The van der Waals surface area contributed by atoms with E-state index in [9.17, 15) is 5.11 Å². The van der Waals surface area contributed by atoms with E-state index in [0.717, 1.165) is 16.3 Å². The maximum Gasteiger partial charge on any atom is 0.210 e. The molecule has 0 saturated carbocycles. The zero-order valence-corrected chi connectivity index (χ0v) is 11.4. The number of hydrogen-bond donors (Lipinski definition) is 0. The van der Waals surface area contributed by atoms with Crippen molar-refractivity contribution in [3.63, 3.8) is 0 Å². The van der Waals surface area contributed by atoms with Gasteiger partial charge >= 0.3 is 0 Å². The van der Waals surface area contributed by atoms with Crippen molar-refractivity contribution in [1.29, 1.82) is 0 Å². The fourth-order valence-electron chi connectivity index (χ4n) is 2.06. The summed E-state index contributed by atoms with van der Waals surface area (Å²) in [6, 6.07) is 19.6. The molecule has 2 aromatic carbocycles. The van der Waals surface area contributed by atoms with Crippen LogP contribution < -0.4 is 9.78 Å². The van der Waals surface area contributed by atoms with Crippen LogP contribution in [0, 0.1) is 0 Å². The van der Waals surface area contributed by atoms with Crippen LogP contribution in [0.25, 0.3) is 16.8 Å². The van der Waals surface area contributed by atoms with E-state index in [-0.39, 0.29) is 5.90 Å². The Morgan fingerprint density at radius 3 is 2.43 bits per heavy atom. The summed E-state index contributed by atoms with van der Waals surface area (Å²) >= 11 is 0. The van der Waals surface area contributed by atoms with Gasteiger partial charge in [0.15, 0.2) is 0 Å². The number of nitrogens with zero attached hydrogens (tertiary/aromatic N) is 2. The Morgan fingerprint density at radius 2 is 1.62 bits per heavy atom. The van der Waals surface area contributed by atoms with Gasteiger partial charge in [-0.05, 0) is 28.2 Å². The first-order valence-electron chi connectivity index (χ1n) is 6.70. The summed E-state index contributed by atoms with van der Waals surface area (Å²) in [6.07, 6.45) is 6.84. The summed E-state index contributed by atoms with van der Waals surface area (Å²) in [7, 11) is 0. The lowest BCUT2D eigenvalue weighted by Crippen LogP contribution is -2.31. The fourth-order valence-corrected chi connectivity index (χ4v) is 2.06. The molecule has 102 valence electrons. The van der Waals surface area contributed by atoms with Crippen molar-refractivity contribution in [2.75, 3.05) is 0 Å². The second kappa shape index (κ2) is 6.01. The Hall–Kier alpha value is -2.94. The van der Waals surface area contributed by atoms with Crippen LogP contribution in [0.5, 0.6) is 0 Å². The van der Waals surface area contributed by atoms with Crippen molar-refractivity contribution in [2.45, 2.75) is 0 Å². The van der Waals surface area contributed by atoms with Crippen molar-refractivity contribution < 1.29 is 9.78 Å². The van der Waals surface area contributed by atoms with Crippen molar-refractivity contribution in [3.8, 4) is 0 Å². The van der Waals surface area contributed by atoms with Gasteiger partial charge in [-0.15, -0.1) is 0 Å². The van der Waals surface area contributed by atoms with Gasteiger partial charge in [-0.2, -0.15) is 0 Å². The summed E-state index contributed by atoms with van der Waals surface area (Å²) in [5.74, 6) is -0.292. The third-order valence-electron chi connectivity index (χ3n) is 3.11. The third-order valence-corrected chi connectivity index (χ3v) is 3.11. The minimum Gasteiger partial charge on any atom is -0.855 e. The molecule has 0 bridgehead atoms. The normalized spacial score (nSPS) is 12.1. The Kier molecular flexibility index (Phi) is 3.74. The molecule has 0 aliphatic carbocycles. The summed E-state index contributed by atoms with van der Waals surface area (Å²) in [5, 5.41) is 18.0. The van der Waals surface area contributed by atoms with Crippen LogP contribution in [0.4, 0.5) is 0 Å². The number of aromatic nitrogens is 1. The first-order chi connectivity index (χ1) is 10.3. The lowest BCUT2D eigenvalue weighted by molar-refractivity contribution is -0.680. The van der Waals surface area contributed by atoms with Gasteiger partial charge in [0.05, 0.1) is 5.90 Å². The molecule has 0 atom stereocenters. The molecule has 0 unspecified atom stereocenters. The standard InChI is InChI=1S/C18H14N2O/c21-18(11-10-15-6-2-1-3-7-15)19-20-13-12-16-8-4-5-9-17(16)14-20/h1-14H/b11-10+. The van der Waals surface area contributed by atoms with E-state index in [4.69, 9.17) is 0 Å². The van der Waals surface area contributed by atoms with Gasteiger partial charge in [-0.25, -0.2) is 0 Å². The van der Waals surface area contributed by atoms with Gasteiger partial charge < -0.3 is 5.11 Å². The van der Waals surface area contributed by atoms with Crippen LogP contribution in [0.2, 0.25) is 0 Å². The molecule has 0 radical (unpaired) electrons. The minimum atomic E-state index is -0.292. The second-order valence-corrected chi connectivity index (χ2v) is 4.64.